The highest BCUT2D eigenvalue weighted by molar-refractivity contribution is 5.23. The third-order valence-electron chi connectivity index (χ3n) is 2.27. The summed E-state index contributed by atoms with van der Waals surface area (Å²) in [6.07, 6.45) is 0.788. The Morgan fingerprint density at radius 1 is 1.25 bits per heavy atom. The summed E-state index contributed by atoms with van der Waals surface area (Å²) in [5.74, 6) is -1.37. The normalized spacial score (nSPS) is 12.5. The van der Waals surface area contributed by atoms with Gasteiger partial charge in [-0.3, -0.25) is 0 Å². The lowest BCUT2D eigenvalue weighted by molar-refractivity contribution is 0.193. The van der Waals surface area contributed by atoms with Gasteiger partial charge in [0, 0.05) is 12.6 Å². The Morgan fingerprint density at radius 3 is 2.56 bits per heavy atom. The van der Waals surface area contributed by atoms with Crippen LogP contribution in [-0.4, -0.2) is 19.2 Å². The molecule has 1 atom stereocenters. The highest BCUT2D eigenvalue weighted by Gasteiger charge is 2.09. The van der Waals surface area contributed by atoms with E-state index in [4.69, 9.17) is 4.74 Å². The van der Waals surface area contributed by atoms with Crippen LogP contribution in [0.15, 0.2) is 18.2 Å². The molecule has 0 aliphatic rings. The number of halogens is 2. The lowest BCUT2D eigenvalue weighted by Crippen LogP contribution is -2.30. The van der Waals surface area contributed by atoms with E-state index in [9.17, 15) is 8.78 Å². The average Bonchev–Trinajstić information content (AvgIpc) is 2.29. The van der Waals surface area contributed by atoms with Crippen molar-refractivity contribution >= 4 is 0 Å². The van der Waals surface area contributed by atoms with Gasteiger partial charge in [0.15, 0.2) is 11.6 Å². The standard InChI is InChI=1S/C12H17F2NO/c1-3-9(8-15-4-2)16-10-5-6-11(13)12(14)7-10/h5-7,9,15H,3-4,8H2,1-2H3. The molecule has 0 saturated heterocycles. The number of likely N-dealkylation sites (N-methyl/N-ethyl adjacent to an activating group) is 1. The SMILES string of the molecule is CCNCC(CC)Oc1ccc(F)c(F)c1. The summed E-state index contributed by atoms with van der Waals surface area (Å²) < 4.78 is 31.1. The molecule has 1 aromatic rings. The van der Waals surface area contributed by atoms with Crippen LogP contribution < -0.4 is 10.1 Å². The fourth-order valence-electron chi connectivity index (χ4n) is 1.32. The van der Waals surface area contributed by atoms with Crippen molar-refractivity contribution in [1.82, 2.24) is 5.32 Å². The summed E-state index contributed by atoms with van der Waals surface area (Å²) in [7, 11) is 0. The van der Waals surface area contributed by atoms with Gasteiger partial charge in [-0.1, -0.05) is 13.8 Å². The molecular weight excluding hydrogens is 212 g/mol. The summed E-state index contributed by atoms with van der Waals surface area (Å²) in [6.45, 7) is 5.55. The second-order valence-corrected chi connectivity index (χ2v) is 3.53. The van der Waals surface area contributed by atoms with E-state index in [-0.39, 0.29) is 6.10 Å². The van der Waals surface area contributed by atoms with E-state index in [1.165, 1.54) is 6.07 Å². The van der Waals surface area contributed by atoms with Gasteiger partial charge in [0.2, 0.25) is 0 Å². The van der Waals surface area contributed by atoms with Crippen LogP contribution in [0.2, 0.25) is 0 Å². The molecule has 16 heavy (non-hydrogen) atoms. The average molecular weight is 229 g/mol. The van der Waals surface area contributed by atoms with Gasteiger partial charge in [-0.2, -0.15) is 0 Å². The Bertz CT molecular complexity index is 331. The number of nitrogens with one attached hydrogen (secondary N) is 1. The molecule has 1 unspecified atom stereocenters. The molecule has 1 rings (SSSR count). The maximum atomic E-state index is 12.9. The van der Waals surface area contributed by atoms with Crippen LogP contribution in [0.1, 0.15) is 20.3 Å². The second kappa shape index (κ2) is 6.43. The maximum absolute atomic E-state index is 12.9. The van der Waals surface area contributed by atoms with Crippen molar-refractivity contribution in [2.45, 2.75) is 26.4 Å². The van der Waals surface area contributed by atoms with Crippen LogP contribution in [-0.2, 0) is 0 Å². The molecule has 1 N–H and O–H groups in total. The molecule has 0 aromatic heterocycles. The van der Waals surface area contributed by atoms with Gasteiger partial charge in [0.05, 0.1) is 0 Å². The summed E-state index contributed by atoms with van der Waals surface area (Å²) in [4.78, 5) is 0. The van der Waals surface area contributed by atoms with E-state index >= 15 is 0 Å². The lowest BCUT2D eigenvalue weighted by atomic mass is 10.2. The van der Waals surface area contributed by atoms with Gasteiger partial charge in [-0.25, -0.2) is 8.78 Å². The molecule has 0 fully saturated rings. The predicted molar refractivity (Wildman–Crippen MR) is 59.6 cm³/mol. The van der Waals surface area contributed by atoms with E-state index in [0.29, 0.717) is 12.3 Å². The number of rotatable bonds is 6. The van der Waals surface area contributed by atoms with Crippen molar-refractivity contribution in [2.75, 3.05) is 13.1 Å². The zero-order valence-corrected chi connectivity index (χ0v) is 9.59. The van der Waals surface area contributed by atoms with Crippen molar-refractivity contribution in [1.29, 1.82) is 0 Å². The van der Waals surface area contributed by atoms with Gasteiger partial charge in [-0.15, -0.1) is 0 Å². The fourth-order valence-corrected chi connectivity index (χ4v) is 1.32. The number of benzene rings is 1. The summed E-state index contributed by atoms with van der Waals surface area (Å²) >= 11 is 0. The molecule has 0 radical (unpaired) electrons. The van der Waals surface area contributed by atoms with Gasteiger partial charge in [0.1, 0.15) is 11.9 Å². The van der Waals surface area contributed by atoms with Gasteiger partial charge in [0.25, 0.3) is 0 Å². The Morgan fingerprint density at radius 2 is 2.00 bits per heavy atom. The zero-order chi connectivity index (χ0) is 12.0. The third kappa shape index (κ3) is 3.77. The van der Waals surface area contributed by atoms with Crippen LogP contribution in [0.3, 0.4) is 0 Å². The number of ether oxygens (including phenoxy) is 1. The topological polar surface area (TPSA) is 21.3 Å². The van der Waals surface area contributed by atoms with Gasteiger partial charge >= 0.3 is 0 Å². The van der Waals surface area contributed by atoms with E-state index in [0.717, 1.165) is 25.1 Å². The Kier molecular flexibility index (Phi) is 5.19. The first-order valence-electron chi connectivity index (χ1n) is 5.49. The summed E-state index contributed by atoms with van der Waals surface area (Å²) in [5.41, 5.74) is 0. The van der Waals surface area contributed by atoms with E-state index in [1.807, 2.05) is 13.8 Å². The summed E-state index contributed by atoms with van der Waals surface area (Å²) in [5, 5.41) is 3.15. The van der Waals surface area contributed by atoms with E-state index in [1.54, 1.807) is 0 Å². The molecule has 0 amide bonds. The summed E-state index contributed by atoms with van der Waals surface area (Å²) in [6, 6.07) is 3.58. The minimum atomic E-state index is -0.879. The highest BCUT2D eigenvalue weighted by atomic mass is 19.2. The van der Waals surface area contributed by atoms with Crippen LogP contribution in [0, 0.1) is 11.6 Å². The molecule has 2 nitrogen and oxygen atoms in total. The monoisotopic (exact) mass is 229 g/mol. The Balaban J connectivity index is 2.59. The van der Waals surface area contributed by atoms with Crippen LogP contribution >= 0.6 is 0 Å². The lowest BCUT2D eigenvalue weighted by Gasteiger charge is -2.17. The van der Waals surface area contributed by atoms with Crippen molar-refractivity contribution in [3.63, 3.8) is 0 Å². The third-order valence-corrected chi connectivity index (χ3v) is 2.27. The highest BCUT2D eigenvalue weighted by Crippen LogP contribution is 2.17. The van der Waals surface area contributed by atoms with E-state index < -0.39 is 11.6 Å². The minimum Gasteiger partial charge on any atom is -0.489 e. The zero-order valence-electron chi connectivity index (χ0n) is 9.59. The maximum Gasteiger partial charge on any atom is 0.162 e. The van der Waals surface area contributed by atoms with Crippen LogP contribution in [0.4, 0.5) is 8.78 Å². The molecule has 90 valence electrons. The van der Waals surface area contributed by atoms with Crippen LogP contribution in [0.5, 0.6) is 5.75 Å². The minimum absolute atomic E-state index is 0.0233. The Labute approximate surface area is 94.6 Å². The van der Waals surface area contributed by atoms with Crippen molar-refractivity contribution in [3.05, 3.63) is 29.8 Å². The fraction of sp³-hybridized carbons (Fsp3) is 0.500. The van der Waals surface area contributed by atoms with E-state index in [2.05, 4.69) is 5.32 Å². The molecule has 1 aromatic carbocycles. The van der Waals surface area contributed by atoms with Gasteiger partial charge in [-0.05, 0) is 25.1 Å². The molecule has 0 spiro atoms. The van der Waals surface area contributed by atoms with Crippen molar-refractivity contribution in [3.8, 4) is 5.75 Å². The number of hydrogen-bond acceptors (Lipinski definition) is 2. The first kappa shape index (κ1) is 12.9. The molecule has 0 bridgehead atoms. The largest absolute Gasteiger partial charge is 0.489 e. The molecule has 0 heterocycles. The van der Waals surface area contributed by atoms with Crippen molar-refractivity contribution in [2.24, 2.45) is 0 Å². The smallest absolute Gasteiger partial charge is 0.162 e. The molecular formula is C12H17F2NO. The molecule has 4 heteroatoms. The molecule has 0 aliphatic carbocycles. The molecule has 0 saturated carbocycles. The quantitative estimate of drug-likeness (QED) is 0.809. The Hall–Kier alpha value is -1.16. The van der Waals surface area contributed by atoms with Gasteiger partial charge < -0.3 is 10.1 Å². The first-order chi connectivity index (χ1) is 7.67. The predicted octanol–water partition coefficient (Wildman–Crippen LogP) is 2.73. The first-order valence-corrected chi connectivity index (χ1v) is 5.49. The van der Waals surface area contributed by atoms with Crippen molar-refractivity contribution < 1.29 is 13.5 Å². The second-order valence-electron chi connectivity index (χ2n) is 3.53. The number of hydrogen-bond donors (Lipinski definition) is 1. The molecule has 0 aliphatic heterocycles. The van der Waals surface area contributed by atoms with Crippen LogP contribution in [0.25, 0.3) is 0 Å².